The minimum absolute atomic E-state index is 0.145. The van der Waals surface area contributed by atoms with E-state index in [9.17, 15) is 8.42 Å². The molecule has 0 saturated carbocycles. The van der Waals surface area contributed by atoms with Gasteiger partial charge in [0.25, 0.3) is 0 Å². The van der Waals surface area contributed by atoms with E-state index < -0.39 is 10.0 Å². The van der Waals surface area contributed by atoms with Crippen molar-refractivity contribution in [3.63, 3.8) is 0 Å². The van der Waals surface area contributed by atoms with Gasteiger partial charge >= 0.3 is 0 Å². The number of thiazole rings is 1. The highest BCUT2D eigenvalue weighted by Gasteiger charge is 2.31. The number of hydrogen-bond acceptors (Lipinski definition) is 5. The van der Waals surface area contributed by atoms with Gasteiger partial charge in [-0.1, -0.05) is 51.3 Å². The van der Waals surface area contributed by atoms with Crippen molar-refractivity contribution in [1.29, 1.82) is 0 Å². The molecule has 4 rings (SSSR count). The molecule has 0 unspecified atom stereocenters. The van der Waals surface area contributed by atoms with Crippen molar-refractivity contribution < 1.29 is 8.42 Å². The molecule has 0 spiro atoms. The summed E-state index contributed by atoms with van der Waals surface area (Å²) >= 11 is 11.1. The van der Waals surface area contributed by atoms with Gasteiger partial charge in [-0.3, -0.25) is 0 Å². The largest absolute Gasteiger partial charge is 0.345 e. The standard InChI is InChI=1S/C20H19BrClN3O2S2/c1-14-3-2-4-15(11-14)18-13-28-20(23-18)24-7-9-25(10-8-24)29(26,27)19-6-5-16(21)12-17(19)22/h2-6,11-13H,7-10H2,1H3. The topological polar surface area (TPSA) is 53.5 Å². The molecule has 3 aromatic rings. The predicted molar refractivity (Wildman–Crippen MR) is 122 cm³/mol. The van der Waals surface area contributed by atoms with Gasteiger partial charge in [-0.05, 0) is 31.2 Å². The molecule has 1 fully saturated rings. The molecule has 0 amide bonds. The van der Waals surface area contributed by atoms with Crippen molar-refractivity contribution in [2.75, 3.05) is 31.1 Å². The Kier molecular flexibility index (Phi) is 5.99. The summed E-state index contributed by atoms with van der Waals surface area (Å²) in [7, 11) is -3.62. The molecule has 0 bridgehead atoms. The number of nitrogens with zero attached hydrogens (tertiary/aromatic N) is 3. The van der Waals surface area contributed by atoms with Crippen LogP contribution in [0.5, 0.6) is 0 Å². The lowest BCUT2D eigenvalue weighted by atomic mass is 10.1. The van der Waals surface area contributed by atoms with Crippen LogP contribution in [0.15, 0.2) is 57.2 Å². The maximum atomic E-state index is 13.0. The van der Waals surface area contributed by atoms with Crippen molar-refractivity contribution in [3.8, 4) is 11.3 Å². The fraction of sp³-hybridized carbons (Fsp3) is 0.250. The first kappa shape index (κ1) is 20.8. The number of benzene rings is 2. The zero-order valence-corrected chi connectivity index (χ0v) is 19.7. The number of hydrogen-bond donors (Lipinski definition) is 0. The van der Waals surface area contributed by atoms with Gasteiger partial charge in [0.1, 0.15) is 4.90 Å². The van der Waals surface area contributed by atoms with Crippen molar-refractivity contribution in [2.24, 2.45) is 0 Å². The highest BCUT2D eigenvalue weighted by molar-refractivity contribution is 9.10. The number of aromatic nitrogens is 1. The van der Waals surface area contributed by atoms with Crippen LogP contribution >= 0.6 is 38.9 Å². The van der Waals surface area contributed by atoms with Crippen LogP contribution in [0.1, 0.15) is 5.56 Å². The first-order valence-corrected chi connectivity index (χ1v) is 12.6. The maximum absolute atomic E-state index is 13.0. The molecule has 0 N–H and O–H groups in total. The van der Waals surface area contributed by atoms with Crippen LogP contribution in [0.4, 0.5) is 5.13 Å². The summed E-state index contributed by atoms with van der Waals surface area (Å²) in [4.78, 5) is 7.05. The maximum Gasteiger partial charge on any atom is 0.244 e. The molecule has 9 heteroatoms. The molecular formula is C20H19BrClN3O2S2. The zero-order valence-electron chi connectivity index (χ0n) is 15.7. The minimum atomic E-state index is -3.62. The summed E-state index contributed by atoms with van der Waals surface area (Å²) in [5.74, 6) is 0. The SMILES string of the molecule is Cc1cccc(-c2csc(N3CCN(S(=O)(=O)c4ccc(Br)cc4Cl)CC3)n2)c1. The fourth-order valence-electron chi connectivity index (χ4n) is 3.29. The molecule has 2 heterocycles. The summed E-state index contributed by atoms with van der Waals surface area (Å²) in [5, 5.41) is 3.19. The Hall–Kier alpha value is -1.45. The van der Waals surface area contributed by atoms with E-state index in [-0.39, 0.29) is 9.92 Å². The van der Waals surface area contributed by atoms with Gasteiger partial charge in [-0.15, -0.1) is 11.3 Å². The van der Waals surface area contributed by atoms with Gasteiger partial charge in [0.15, 0.2) is 5.13 Å². The monoisotopic (exact) mass is 511 g/mol. The third kappa shape index (κ3) is 4.36. The highest BCUT2D eigenvalue weighted by Crippen LogP contribution is 2.31. The Morgan fingerprint density at radius 1 is 1.10 bits per heavy atom. The number of sulfonamides is 1. The van der Waals surface area contributed by atoms with Gasteiger partial charge in [0.05, 0.1) is 10.7 Å². The van der Waals surface area contributed by atoms with Crippen molar-refractivity contribution in [2.45, 2.75) is 11.8 Å². The second-order valence-electron chi connectivity index (χ2n) is 6.85. The number of halogens is 2. The molecule has 5 nitrogen and oxygen atoms in total. The third-order valence-corrected chi connectivity index (χ3v) is 8.60. The molecule has 2 aromatic carbocycles. The Labute approximate surface area is 188 Å². The zero-order chi connectivity index (χ0) is 20.6. The first-order valence-electron chi connectivity index (χ1n) is 9.07. The first-order chi connectivity index (χ1) is 13.8. The van der Waals surface area contributed by atoms with E-state index in [1.54, 1.807) is 29.5 Å². The lowest BCUT2D eigenvalue weighted by Gasteiger charge is -2.33. The van der Waals surface area contributed by atoms with E-state index >= 15 is 0 Å². The molecule has 1 aromatic heterocycles. The molecule has 1 aliphatic heterocycles. The average Bonchev–Trinajstić information content (AvgIpc) is 3.18. The van der Waals surface area contributed by atoms with Gasteiger partial charge in [-0.25, -0.2) is 13.4 Å². The van der Waals surface area contributed by atoms with Crippen LogP contribution in [-0.4, -0.2) is 43.9 Å². The molecule has 0 aliphatic carbocycles. The highest BCUT2D eigenvalue weighted by atomic mass is 79.9. The third-order valence-electron chi connectivity index (χ3n) is 4.83. The Bertz CT molecular complexity index is 1140. The number of anilines is 1. The quantitative estimate of drug-likeness (QED) is 0.491. The average molecular weight is 513 g/mol. The van der Waals surface area contributed by atoms with Crippen LogP contribution in [0.2, 0.25) is 5.02 Å². The lowest BCUT2D eigenvalue weighted by Crippen LogP contribution is -2.48. The van der Waals surface area contributed by atoms with Crippen molar-refractivity contribution >= 4 is 54.0 Å². The van der Waals surface area contributed by atoms with E-state index in [0.29, 0.717) is 26.2 Å². The molecule has 152 valence electrons. The molecular weight excluding hydrogens is 494 g/mol. The Morgan fingerprint density at radius 2 is 1.86 bits per heavy atom. The molecule has 0 atom stereocenters. The van der Waals surface area contributed by atoms with E-state index in [0.717, 1.165) is 20.9 Å². The summed E-state index contributed by atoms with van der Waals surface area (Å²) in [5.41, 5.74) is 3.24. The minimum Gasteiger partial charge on any atom is -0.345 e. The van der Waals surface area contributed by atoms with Crippen LogP contribution in [-0.2, 0) is 10.0 Å². The summed E-state index contributed by atoms with van der Waals surface area (Å²) in [6.45, 7) is 4.04. The number of piperazine rings is 1. The van der Waals surface area contributed by atoms with Crippen molar-refractivity contribution in [3.05, 3.63) is 62.9 Å². The number of rotatable bonds is 4. The Morgan fingerprint density at radius 3 is 2.55 bits per heavy atom. The summed E-state index contributed by atoms with van der Waals surface area (Å²) in [6.07, 6.45) is 0. The van der Waals surface area contributed by atoms with Crippen LogP contribution in [0, 0.1) is 6.92 Å². The van der Waals surface area contributed by atoms with E-state index in [2.05, 4.69) is 51.3 Å². The van der Waals surface area contributed by atoms with Crippen LogP contribution < -0.4 is 4.90 Å². The van der Waals surface area contributed by atoms with Gasteiger partial charge in [-0.2, -0.15) is 4.31 Å². The second kappa shape index (κ2) is 8.35. The van der Waals surface area contributed by atoms with Crippen LogP contribution in [0.25, 0.3) is 11.3 Å². The summed E-state index contributed by atoms with van der Waals surface area (Å²) in [6, 6.07) is 13.1. The number of aryl methyl sites for hydroxylation is 1. The predicted octanol–water partition coefficient (Wildman–Crippen LogP) is 5.05. The van der Waals surface area contributed by atoms with Gasteiger partial charge in [0.2, 0.25) is 10.0 Å². The lowest BCUT2D eigenvalue weighted by molar-refractivity contribution is 0.385. The van der Waals surface area contributed by atoms with Crippen LogP contribution in [0.3, 0.4) is 0 Å². The molecule has 29 heavy (non-hydrogen) atoms. The second-order valence-corrected chi connectivity index (χ2v) is 10.9. The summed E-state index contributed by atoms with van der Waals surface area (Å²) < 4.78 is 28.2. The Balaban J connectivity index is 1.47. The molecule has 1 aliphatic rings. The smallest absolute Gasteiger partial charge is 0.244 e. The van der Waals surface area contributed by atoms with E-state index in [1.807, 2.05) is 6.07 Å². The van der Waals surface area contributed by atoms with Crippen molar-refractivity contribution in [1.82, 2.24) is 9.29 Å². The normalized spacial score (nSPS) is 15.6. The fourth-order valence-corrected chi connectivity index (χ4v) is 6.61. The molecule has 0 radical (unpaired) electrons. The van der Waals surface area contributed by atoms with E-state index in [1.165, 1.54) is 9.87 Å². The van der Waals surface area contributed by atoms with E-state index in [4.69, 9.17) is 16.6 Å². The molecule has 1 saturated heterocycles. The van der Waals surface area contributed by atoms with Gasteiger partial charge < -0.3 is 4.90 Å². The van der Waals surface area contributed by atoms with Gasteiger partial charge in [0, 0.05) is 41.6 Å².